The quantitative estimate of drug-likeness (QED) is 0.521. The summed E-state index contributed by atoms with van der Waals surface area (Å²) >= 11 is 0. The van der Waals surface area contributed by atoms with E-state index < -0.39 is 0 Å². The molecule has 0 unspecified atom stereocenters. The maximum absolute atomic E-state index is 13.8. The summed E-state index contributed by atoms with van der Waals surface area (Å²) in [5.41, 5.74) is 2.21. The molecule has 2 amide bonds. The van der Waals surface area contributed by atoms with Gasteiger partial charge in [0, 0.05) is 25.2 Å². The monoisotopic (exact) mass is 513 g/mol. The number of methoxy groups -OCH3 is 1. The molecule has 196 valence electrons. The van der Waals surface area contributed by atoms with Gasteiger partial charge < -0.3 is 19.6 Å². The van der Waals surface area contributed by atoms with E-state index in [0.29, 0.717) is 18.2 Å². The normalized spacial score (nSPS) is 26.3. The van der Waals surface area contributed by atoms with Crippen LogP contribution in [0.25, 0.3) is 0 Å². The Kier molecular flexibility index (Phi) is 7.77. The fourth-order valence-electron chi connectivity index (χ4n) is 6.48. The summed E-state index contributed by atoms with van der Waals surface area (Å²) < 4.78 is 5.31. The van der Waals surface area contributed by atoms with Gasteiger partial charge in [-0.3, -0.25) is 4.90 Å². The minimum absolute atomic E-state index is 0. The highest BCUT2D eigenvalue weighted by Gasteiger charge is 2.54. The first-order chi connectivity index (χ1) is 16.8. The molecule has 0 atom stereocenters. The standard InChI is InChI=1S/C29H39N3O3.ClH/c1-30(2)29(24-9-11-25(33)12-10-24)17-15-28(16-18-29)21-31(19-23-7-13-26(35-3)14-8-23)27(34)32(28)20-22-5-4-6-22;/h7-14,22,33H,4-6,15-21H2,1-3H3;1H/t28-,29-;. The molecule has 3 aliphatic rings. The number of urea groups is 1. The Balaban J connectivity index is 0.00000304. The van der Waals surface area contributed by atoms with Crippen LogP contribution in [0.15, 0.2) is 48.5 Å². The molecule has 36 heavy (non-hydrogen) atoms. The van der Waals surface area contributed by atoms with Crippen molar-refractivity contribution in [2.24, 2.45) is 5.92 Å². The predicted molar refractivity (Wildman–Crippen MR) is 145 cm³/mol. The molecule has 0 bridgehead atoms. The van der Waals surface area contributed by atoms with Crippen LogP contribution in [0.5, 0.6) is 11.5 Å². The fourth-order valence-corrected chi connectivity index (χ4v) is 6.48. The molecular formula is C29H40ClN3O3. The van der Waals surface area contributed by atoms with E-state index in [1.54, 1.807) is 19.2 Å². The van der Waals surface area contributed by atoms with Crippen molar-refractivity contribution in [3.63, 3.8) is 0 Å². The van der Waals surface area contributed by atoms with Gasteiger partial charge in [0.05, 0.1) is 12.6 Å². The lowest BCUT2D eigenvalue weighted by molar-refractivity contribution is 0.0159. The number of hydrogen-bond donors (Lipinski definition) is 1. The number of aromatic hydroxyl groups is 1. The zero-order valence-corrected chi connectivity index (χ0v) is 22.6. The average Bonchev–Trinajstić information content (AvgIpc) is 3.08. The van der Waals surface area contributed by atoms with Gasteiger partial charge in [0.2, 0.25) is 0 Å². The second kappa shape index (κ2) is 10.5. The van der Waals surface area contributed by atoms with E-state index >= 15 is 0 Å². The number of rotatable bonds is 7. The van der Waals surface area contributed by atoms with E-state index in [2.05, 4.69) is 53.1 Å². The maximum atomic E-state index is 13.8. The molecule has 0 aromatic heterocycles. The molecule has 2 aliphatic carbocycles. The van der Waals surface area contributed by atoms with Crippen molar-refractivity contribution in [3.05, 3.63) is 59.7 Å². The number of amides is 2. The number of phenolic OH excluding ortho intramolecular Hbond substituents is 1. The van der Waals surface area contributed by atoms with Crippen molar-refractivity contribution < 1.29 is 14.6 Å². The topological polar surface area (TPSA) is 56.3 Å². The molecule has 1 aliphatic heterocycles. The van der Waals surface area contributed by atoms with Crippen LogP contribution in [-0.4, -0.2) is 65.7 Å². The Bertz CT molecular complexity index is 1030. The summed E-state index contributed by atoms with van der Waals surface area (Å²) in [6.07, 6.45) is 7.75. The van der Waals surface area contributed by atoms with Gasteiger partial charge in [0.25, 0.3) is 0 Å². The van der Waals surface area contributed by atoms with Crippen molar-refractivity contribution in [1.82, 2.24) is 14.7 Å². The predicted octanol–water partition coefficient (Wildman–Crippen LogP) is 5.63. The van der Waals surface area contributed by atoms with Gasteiger partial charge in [-0.25, -0.2) is 4.79 Å². The Hall–Kier alpha value is -2.44. The van der Waals surface area contributed by atoms with Crippen LogP contribution in [0.3, 0.4) is 0 Å². The van der Waals surface area contributed by atoms with Crippen molar-refractivity contribution in [2.75, 3.05) is 34.3 Å². The first kappa shape index (κ1) is 26.6. The van der Waals surface area contributed by atoms with Gasteiger partial charge in [-0.15, -0.1) is 12.4 Å². The molecule has 2 aromatic rings. The molecule has 6 nitrogen and oxygen atoms in total. The maximum Gasteiger partial charge on any atom is 0.320 e. The lowest BCUT2D eigenvalue weighted by atomic mass is 9.68. The molecular weight excluding hydrogens is 474 g/mol. The number of carbonyl (C=O) groups is 1. The summed E-state index contributed by atoms with van der Waals surface area (Å²) in [5.74, 6) is 1.79. The smallest absolute Gasteiger partial charge is 0.320 e. The van der Waals surface area contributed by atoms with E-state index in [0.717, 1.165) is 50.1 Å². The number of carbonyl (C=O) groups excluding carboxylic acids is 1. The lowest BCUT2D eigenvalue weighted by Gasteiger charge is -2.51. The largest absolute Gasteiger partial charge is 0.508 e. The fraction of sp³-hybridized carbons (Fsp3) is 0.552. The van der Waals surface area contributed by atoms with Crippen LogP contribution < -0.4 is 4.74 Å². The highest BCUT2D eigenvalue weighted by molar-refractivity contribution is 5.85. The Morgan fingerprint density at radius 1 is 1.00 bits per heavy atom. The minimum atomic E-state index is -0.102. The number of nitrogens with zero attached hydrogens (tertiary/aromatic N) is 3. The van der Waals surface area contributed by atoms with E-state index in [4.69, 9.17) is 4.74 Å². The van der Waals surface area contributed by atoms with Gasteiger partial charge in [0.15, 0.2) is 0 Å². The Morgan fingerprint density at radius 3 is 2.17 bits per heavy atom. The first-order valence-corrected chi connectivity index (χ1v) is 13.0. The number of ether oxygens (including phenoxy) is 1. The first-order valence-electron chi connectivity index (χ1n) is 13.0. The average molecular weight is 514 g/mol. The summed E-state index contributed by atoms with van der Waals surface area (Å²) in [5, 5.41) is 9.83. The molecule has 5 rings (SSSR count). The molecule has 7 heteroatoms. The summed E-state index contributed by atoms with van der Waals surface area (Å²) in [7, 11) is 6.00. The molecule has 1 heterocycles. The highest BCUT2D eigenvalue weighted by atomic mass is 35.5. The number of hydrogen-bond acceptors (Lipinski definition) is 4. The summed E-state index contributed by atoms with van der Waals surface area (Å²) in [4.78, 5) is 20.4. The van der Waals surface area contributed by atoms with Crippen LogP contribution in [0.1, 0.15) is 56.1 Å². The molecule has 0 radical (unpaired) electrons. The van der Waals surface area contributed by atoms with E-state index in [9.17, 15) is 9.90 Å². The second-order valence-corrected chi connectivity index (χ2v) is 11.1. The summed E-state index contributed by atoms with van der Waals surface area (Å²) in [6.45, 7) is 2.33. The third kappa shape index (κ3) is 4.78. The molecule has 1 spiro atoms. The third-order valence-electron chi connectivity index (χ3n) is 9.03. The van der Waals surface area contributed by atoms with Crippen molar-refractivity contribution >= 4 is 18.4 Å². The lowest BCUT2D eigenvalue weighted by Crippen LogP contribution is -2.56. The SMILES string of the molecule is COc1ccc(CN2C[C@]3(CC[C@@](c4ccc(O)cc4)(N(C)C)CC3)N(CC3CCC3)C2=O)cc1.Cl. The van der Waals surface area contributed by atoms with Crippen molar-refractivity contribution in [3.8, 4) is 11.5 Å². The van der Waals surface area contributed by atoms with Crippen LogP contribution in [-0.2, 0) is 12.1 Å². The van der Waals surface area contributed by atoms with Gasteiger partial charge in [-0.1, -0.05) is 30.7 Å². The zero-order valence-electron chi connectivity index (χ0n) is 21.8. The minimum Gasteiger partial charge on any atom is -0.508 e. The van der Waals surface area contributed by atoms with Gasteiger partial charge in [-0.05, 0) is 93.9 Å². The second-order valence-electron chi connectivity index (χ2n) is 11.1. The Labute approximate surface area is 221 Å². The molecule has 1 saturated heterocycles. The molecule has 1 N–H and O–H groups in total. The highest BCUT2D eigenvalue weighted by Crippen LogP contribution is 2.50. The van der Waals surface area contributed by atoms with Gasteiger partial charge in [-0.2, -0.15) is 0 Å². The molecule has 2 aromatic carbocycles. The summed E-state index contributed by atoms with van der Waals surface area (Å²) in [6, 6.07) is 16.0. The Morgan fingerprint density at radius 2 is 1.64 bits per heavy atom. The molecule has 2 saturated carbocycles. The van der Waals surface area contributed by atoms with E-state index in [1.165, 1.54) is 24.8 Å². The zero-order chi connectivity index (χ0) is 24.6. The van der Waals surface area contributed by atoms with Gasteiger partial charge in [0.1, 0.15) is 11.5 Å². The van der Waals surface area contributed by atoms with E-state index in [1.807, 2.05) is 12.1 Å². The van der Waals surface area contributed by atoms with Crippen LogP contribution >= 0.6 is 12.4 Å². The van der Waals surface area contributed by atoms with Crippen molar-refractivity contribution in [1.29, 1.82) is 0 Å². The molecule has 3 fully saturated rings. The van der Waals surface area contributed by atoms with Crippen LogP contribution in [0.2, 0.25) is 0 Å². The van der Waals surface area contributed by atoms with Gasteiger partial charge >= 0.3 is 6.03 Å². The van der Waals surface area contributed by atoms with Crippen LogP contribution in [0.4, 0.5) is 4.79 Å². The number of benzene rings is 2. The van der Waals surface area contributed by atoms with E-state index in [-0.39, 0.29) is 29.5 Å². The van der Waals surface area contributed by atoms with Crippen LogP contribution in [0, 0.1) is 5.92 Å². The third-order valence-corrected chi connectivity index (χ3v) is 9.03. The number of phenols is 1. The van der Waals surface area contributed by atoms with Crippen molar-refractivity contribution in [2.45, 2.75) is 62.6 Å². The number of halogens is 1.